The molecule has 0 radical (unpaired) electrons. The van der Waals surface area contributed by atoms with E-state index >= 15 is 0 Å². The third-order valence-electron chi connectivity index (χ3n) is 3.08. The van der Waals surface area contributed by atoms with Crippen molar-refractivity contribution in [3.05, 3.63) is 59.8 Å². The Morgan fingerprint density at radius 3 is 2.73 bits per heavy atom. The maximum absolute atomic E-state index is 12.3. The van der Waals surface area contributed by atoms with E-state index in [9.17, 15) is 5.21 Å². The van der Waals surface area contributed by atoms with E-state index in [2.05, 4.69) is 11.6 Å². The summed E-state index contributed by atoms with van der Waals surface area (Å²) in [6.45, 7) is 5.64. The number of ether oxygens (including phenoxy) is 1. The Labute approximate surface area is 127 Å². The Morgan fingerprint density at radius 1 is 1.41 bits per heavy atom. The van der Waals surface area contributed by atoms with Crippen LogP contribution in [0.1, 0.15) is 12.7 Å². The van der Waals surface area contributed by atoms with Gasteiger partial charge in [-0.2, -0.15) is 0 Å². The summed E-state index contributed by atoms with van der Waals surface area (Å²) in [5.41, 5.74) is 1.12. The normalized spacial score (nSPS) is 12.1. The van der Waals surface area contributed by atoms with Gasteiger partial charge in [-0.3, -0.25) is 10.4 Å². The summed E-state index contributed by atoms with van der Waals surface area (Å²) in [5, 5.41) is 30.2. The van der Waals surface area contributed by atoms with Crippen LogP contribution in [0.25, 0.3) is 16.6 Å². The summed E-state index contributed by atoms with van der Waals surface area (Å²) in [5.74, 6) is 0.769. The van der Waals surface area contributed by atoms with Gasteiger partial charge in [-0.15, -0.1) is 5.23 Å². The minimum Gasteiger partial charge on any atom is -0.804 e. The number of hydrogen-bond donors (Lipinski definition) is 2. The van der Waals surface area contributed by atoms with Crippen molar-refractivity contribution >= 4 is 22.3 Å². The summed E-state index contributed by atoms with van der Waals surface area (Å²) < 4.78 is 5.68. The molecule has 0 aliphatic carbocycles. The van der Waals surface area contributed by atoms with E-state index in [1.807, 2.05) is 6.92 Å². The first-order valence-corrected chi connectivity index (χ1v) is 6.43. The lowest BCUT2D eigenvalue weighted by atomic mass is 10.2. The highest BCUT2D eigenvalue weighted by atomic mass is 16.8. The van der Waals surface area contributed by atoms with Crippen LogP contribution in [0.2, 0.25) is 0 Å². The van der Waals surface area contributed by atoms with E-state index in [0.717, 1.165) is 0 Å². The predicted octanol–water partition coefficient (Wildman–Crippen LogP) is 3.09. The van der Waals surface area contributed by atoms with Crippen molar-refractivity contribution in [1.82, 2.24) is 9.71 Å². The largest absolute Gasteiger partial charge is 0.804 e. The minimum atomic E-state index is -0.0578. The van der Waals surface area contributed by atoms with Gasteiger partial charge in [0.2, 0.25) is 0 Å². The lowest BCUT2D eigenvalue weighted by molar-refractivity contribution is 0.0292. The van der Waals surface area contributed by atoms with Gasteiger partial charge in [0.15, 0.2) is 0 Å². The second-order valence-corrected chi connectivity index (χ2v) is 4.45. The third kappa shape index (κ3) is 2.95. The topological polar surface area (TPSA) is 93.8 Å². The van der Waals surface area contributed by atoms with Crippen molar-refractivity contribution in [3.63, 3.8) is 0 Å². The highest BCUT2D eigenvalue weighted by Crippen LogP contribution is 2.24. The molecular weight excluding hydrogens is 286 g/mol. The number of hydrogen-bond acceptors (Lipinski definition) is 6. The van der Waals surface area contributed by atoms with Gasteiger partial charge in [0, 0.05) is 5.57 Å². The number of rotatable bonds is 5. The van der Waals surface area contributed by atoms with Crippen molar-refractivity contribution in [3.8, 4) is 0 Å². The molecule has 1 aromatic heterocycles. The number of anilines is 1. The number of allylic oxidation sites excluding steroid dienone is 4. The molecule has 116 valence electrons. The lowest BCUT2D eigenvalue weighted by Crippen LogP contribution is -2.10. The maximum Gasteiger partial charge on any atom is 0.135 e. The molecule has 2 rings (SSSR count). The van der Waals surface area contributed by atoms with Gasteiger partial charge in [-0.25, -0.2) is 4.98 Å². The second kappa shape index (κ2) is 6.33. The van der Waals surface area contributed by atoms with Gasteiger partial charge in [-0.05, 0) is 43.4 Å². The molecule has 2 N–H and O–H groups in total. The molecule has 0 aliphatic heterocycles. The van der Waals surface area contributed by atoms with Crippen LogP contribution < -0.4 is 5.23 Å². The summed E-state index contributed by atoms with van der Waals surface area (Å²) in [4.78, 5) is 4.20. The standard InChI is InChI=1S/C15H16N3O4/c1-4-12(22-3)7-5-10(2)15-16-13-8-6-11(18(20)21)9-14(13)17(15)19/h4-9,20-21H,2H2,1,3H3/q-1/b7-5-,12-4+. The van der Waals surface area contributed by atoms with Crippen molar-refractivity contribution in [1.29, 1.82) is 0 Å². The molecule has 0 atom stereocenters. The molecule has 0 bridgehead atoms. The zero-order valence-corrected chi connectivity index (χ0v) is 12.2. The molecule has 0 spiro atoms. The molecule has 0 saturated heterocycles. The first-order chi connectivity index (χ1) is 10.5. The average Bonchev–Trinajstić information content (AvgIpc) is 2.84. The van der Waals surface area contributed by atoms with Crippen LogP contribution in [0.3, 0.4) is 0 Å². The second-order valence-electron chi connectivity index (χ2n) is 4.45. The first-order valence-electron chi connectivity index (χ1n) is 6.43. The number of nitrogens with zero attached hydrogens (tertiary/aromatic N) is 3. The van der Waals surface area contributed by atoms with Crippen molar-refractivity contribution in [2.24, 2.45) is 0 Å². The van der Waals surface area contributed by atoms with Crippen molar-refractivity contribution in [2.45, 2.75) is 6.92 Å². The van der Waals surface area contributed by atoms with Crippen LogP contribution in [0.15, 0.2) is 48.8 Å². The predicted molar refractivity (Wildman–Crippen MR) is 83.5 cm³/mol. The Kier molecular flexibility index (Phi) is 4.50. The zero-order chi connectivity index (χ0) is 16.3. The molecule has 7 heteroatoms. The van der Waals surface area contributed by atoms with Gasteiger partial charge >= 0.3 is 0 Å². The molecule has 0 saturated carbocycles. The molecule has 0 amide bonds. The molecule has 22 heavy (non-hydrogen) atoms. The molecule has 1 heterocycles. The zero-order valence-electron chi connectivity index (χ0n) is 12.2. The van der Waals surface area contributed by atoms with E-state index in [1.54, 1.807) is 25.3 Å². The number of benzene rings is 1. The van der Waals surface area contributed by atoms with Gasteiger partial charge in [0.25, 0.3) is 0 Å². The van der Waals surface area contributed by atoms with Gasteiger partial charge in [0.05, 0.1) is 23.8 Å². The number of aromatic nitrogens is 2. The fourth-order valence-electron chi connectivity index (χ4n) is 1.91. The number of imidazole rings is 1. The Bertz CT molecular complexity index is 759. The van der Waals surface area contributed by atoms with Crippen molar-refractivity contribution < 1.29 is 15.2 Å². The molecule has 0 aliphatic rings. The van der Waals surface area contributed by atoms with Gasteiger partial charge in [0.1, 0.15) is 11.6 Å². The summed E-state index contributed by atoms with van der Waals surface area (Å²) in [6.07, 6.45) is 5.07. The number of fused-ring (bicyclic) bond motifs is 1. The van der Waals surface area contributed by atoms with Gasteiger partial charge in [-0.1, -0.05) is 6.58 Å². The van der Waals surface area contributed by atoms with E-state index in [0.29, 0.717) is 21.6 Å². The van der Waals surface area contributed by atoms with Crippen LogP contribution in [-0.2, 0) is 4.74 Å². The maximum atomic E-state index is 12.3. The van der Waals surface area contributed by atoms with E-state index in [4.69, 9.17) is 15.2 Å². The SMILES string of the molecule is C=C(/C=C\C(=C/C)OC)c1nc2ccc(N(O)O)cc2n1[O-]. The highest BCUT2D eigenvalue weighted by molar-refractivity contribution is 5.84. The first kappa shape index (κ1) is 15.6. The summed E-state index contributed by atoms with van der Waals surface area (Å²) in [7, 11) is 1.54. The summed E-state index contributed by atoms with van der Waals surface area (Å²) >= 11 is 0. The molecule has 7 nitrogen and oxygen atoms in total. The van der Waals surface area contributed by atoms with E-state index < -0.39 is 0 Å². The molecule has 0 fully saturated rings. The molecule has 0 unspecified atom stereocenters. The van der Waals surface area contributed by atoms with E-state index in [-0.39, 0.29) is 22.3 Å². The van der Waals surface area contributed by atoms with Crippen LogP contribution in [0.4, 0.5) is 5.69 Å². The number of methoxy groups -OCH3 is 1. The quantitative estimate of drug-likeness (QED) is 0.501. The summed E-state index contributed by atoms with van der Waals surface area (Å²) in [6, 6.07) is 4.27. The fourth-order valence-corrected chi connectivity index (χ4v) is 1.91. The monoisotopic (exact) mass is 302 g/mol. The highest BCUT2D eigenvalue weighted by Gasteiger charge is 2.09. The van der Waals surface area contributed by atoms with Crippen LogP contribution >= 0.6 is 0 Å². The fraction of sp³-hybridized carbons (Fsp3) is 0.133. The Morgan fingerprint density at radius 2 is 2.14 bits per heavy atom. The van der Waals surface area contributed by atoms with Crippen LogP contribution in [0.5, 0.6) is 0 Å². The molecule has 1 aromatic carbocycles. The van der Waals surface area contributed by atoms with Crippen molar-refractivity contribution in [2.75, 3.05) is 12.3 Å². The Balaban J connectivity index is 2.40. The van der Waals surface area contributed by atoms with Crippen LogP contribution in [0, 0.1) is 5.21 Å². The molecular formula is C15H16N3O4-. The smallest absolute Gasteiger partial charge is 0.135 e. The van der Waals surface area contributed by atoms with E-state index in [1.165, 1.54) is 18.2 Å². The lowest BCUT2D eigenvalue weighted by Gasteiger charge is -2.13. The van der Waals surface area contributed by atoms with Gasteiger partial charge < -0.3 is 14.7 Å². The molecule has 2 aromatic rings. The third-order valence-corrected chi connectivity index (χ3v) is 3.08. The Hall–Kier alpha value is -2.77. The van der Waals surface area contributed by atoms with Crippen LogP contribution in [-0.4, -0.2) is 27.2 Å². The average molecular weight is 302 g/mol. The minimum absolute atomic E-state index is 0.0578.